The Hall–Kier alpha value is -2.87. The summed E-state index contributed by atoms with van der Waals surface area (Å²) in [4.78, 5) is 24.8. The summed E-state index contributed by atoms with van der Waals surface area (Å²) in [5, 5.41) is 8.68. The van der Waals surface area contributed by atoms with E-state index in [9.17, 15) is 9.59 Å². The molecule has 2 aromatic rings. The molecule has 0 bridgehead atoms. The van der Waals surface area contributed by atoms with Crippen LogP contribution in [0.3, 0.4) is 0 Å². The number of halogens is 1. The largest absolute Gasteiger partial charge is 0.486 e. The van der Waals surface area contributed by atoms with Crippen LogP contribution in [-0.2, 0) is 9.59 Å². The van der Waals surface area contributed by atoms with Crippen LogP contribution in [0.15, 0.2) is 52.0 Å². The van der Waals surface area contributed by atoms with Gasteiger partial charge in [0, 0.05) is 35.9 Å². The summed E-state index contributed by atoms with van der Waals surface area (Å²) in [6.07, 6.45) is 0.887. The van der Waals surface area contributed by atoms with E-state index in [1.807, 2.05) is 30.3 Å². The van der Waals surface area contributed by atoms with Crippen LogP contribution in [-0.4, -0.2) is 42.3 Å². The lowest BCUT2D eigenvalue weighted by atomic mass is 10.1. The lowest BCUT2D eigenvalue weighted by molar-refractivity contribution is -0.132. The van der Waals surface area contributed by atoms with E-state index >= 15 is 0 Å². The van der Waals surface area contributed by atoms with Crippen molar-refractivity contribution in [3.8, 4) is 11.5 Å². The Labute approximate surface area is 176 Å². The van der Waals surface area contributed by atoms with Gasteiger partial charge in [0.1, 0.15) is 13.2 Å². The molecule has 29 heavy (non-hydrogen) atoms. The molecule has 0 radical (unpaired) electrons. The lowest BCUT2D eigenvalue weighted by Crippen LogP contribution is -2.25. The molecule has 2 aromatic carbocycles. The molecule has 2 aliphatic heterocycles. The van der Waals surface area contributed by atoms with Gasteiger partial charge in [-0.15, -0.1) is 0 Å². The number of carbonyl (C=O) groups is 2. The Morgan fingerprint density at radius 1 is 1.07 bits per heavy atom. The summed E-state index contributed by atoms with van der Waals surface area (Å²) < 4.78 is 11.7. The molecule has 2 aliphatic rings. The Morgan fingerprint density at radius 3 is 2.55 bits per heavy atom. The lowest BCUT2D eigenvalue weighted by Gasteiger charge is -2.20. The Morgan fingerprint density at radius 2 is 1.79 bits per heavy atom. The van der Waals surface area contributed by atoms with Crippen molar-refractivity contribution in [3.63, 3.8) is 0 Å². The highest BCUT2D eigenvalue weighted by atomic mass is 79.9. The molecule has 0 fully saturated rings. The highest BCUT2D eigenvalue weighted by Crippen LogP contribution is 2.38. The fourth-order valence-corrected chi connectivity index (χ4v) is 3.61. The summed E-state index contributed by atoms with van der Waals surface area (Å²) >= 11 is 3.42. The average molecular weight is 458 g/mol. The number of fused-ring (bicyclic) bond motifs is 1. The quantitative estimate of drug-likeness (QED) is 0.743. The first-order valence-corrected chi connectivity index (χ1v) is 10.2. The molecule has 150 valence electrons. The molecule has 0 aromatic heterocycles. The van der Waals surface area contributed by atoms with Gasteiger partial charge < -0.3 is 14.8 Å². The number of anilines is 1. The Bertz CT molecular complexity index is 962. The SMILES string of the molecule is O=C(CCC(=O)N1CCC(c2ccccc2)=N1)Nc1cc2c(cc1Br)OCCO2. The van der Waals surface area contributed by atoms with E-state index in [1.165, 1.54) is 5.01 Å². The van der Waals surface area contributed by atoms with Gasteiger partial charge in [-0.25, -0.2) is 5.01 Å². The van der Waals surface area contributed by atoms with Crippen LogP contribution in [0.25, 0.3) is 0 Å². The van der Waals surface area contributed by atoms with Crippen LogP contribution in [0, 0.1) is 0 Å². The number of hydrogen-bond acceptors (Lipinski definition) is 5. The number of benzene rings is 2. The Balaban J connectivity index is 1.32. The topological polar surface area (TPSA) is 80.2 Å². The van der Waals surface area contributed by atoms with Crippen molar-refractivity contribution in [2.45, 2.75) is 19.3 Å². The molecule has 0 unspecified atom stereocenters. The van der Waals surface area contributed by atoms with Crippen molar-refractivity contribution in [1.82, 2.24) is 5.01 Å². The minimum atomic E-state index is -0.248. The van der Waals surface area contributed by atoms with Crippen molar-refractivity contribution in [2.75, 3.05) is 25.1 Å². The van der Waals surface area contributed by atoms with Crippen LogP contribution in [0.5, 0.6) is 11.5 Å². The Kier molecular flexibility index (Phi) is 5.80. The second-order valence-electron chi connectivity index (χ2n) is 6.70. The zero-order valence-electron chi connectivity index (χ0n) is 15.7. The molecular weight excluding hydrogens is 438 g/mol. The zero-order chi connectivity index (χ0) is 20.2. The van der Waals surface area contributed by atoms with E-state index in [1.54, 1.807) is 12.1 Å². The van der Waals surface area contributed by atoms with Gasteiger partial charge in [0.2, 0.25) is 11.8 Å². The first-order chi connectivity index (χ1) is 14.1. The van der Waals surface area contributed by atoms with E-state index in [-0.39, 0.29) is 24.7 Å². The minimum absolute atomic E-state index is 0.0758. The molecular formula is C21H20BrN3O4. The molecule has 2 amide bonds. The minimum Gasteiger partial charge on any atom is -0.486 e. The number of nitrogens with zero attached hydrogens (tertiary/aromatic N) is 2. The maximum absolute atomic E-state index is 12.4. The fourth-order valence-electron chi connectivity index (χ4n) is 3.19. The van der Waals surface area contributed by atoms with Gasteiger partial charge in [-0.1, -0.05) is 30.3 Å². The number of hydrazone groups is 1. The van der Waals surface area contributed by atoms with Gasteiger partial charge in [-0.05, 0) is 21.5 Å². The third-order valence-electron chi connectivity index (χ3n) is 4.67. The number of hydrogen-bond donors (Lipinski definition) is 1. The van der Waals surface area contributed by atoms with Crippen LogP contribution < -0.4 is 14.8 Å². The van der Waals surface area contributed by atoms with E-state index < -0.39 is 0 Å². The predicted octanol–water partition coefficient (Wildman–Crippen LogP) is 3.58. The van der Waals surface area contributed by atoms with Crippen molar-refractivity contribution in [2.24, 2.45) is 5.10 Å². The first kappa shape index (κ1) is 19.4. The summed E-state index contributed by atoms with van der Waals surface area (Å²) in [7, 11) is 0. The van der Waals surface area contributed by atoms with Gasteiger partial charge in [0.05, 0.1) is 17.9 Å². The summed E-state index contributed by atoms with van der Waals surface area (Å²) in [5.74, 6) is 0.817. The van der Waals surface area contributed by atoms with E-state index in [4.69, 9.17) is 9.47 Å². The maximum atomic E-state index is 12.4. The highest BCUT2D eigenvalue weighted by molar-refractivity contribution is 9.10. The van der Waals surface area contributed by atoms with E-state index in [0.717, 1.165) is 11.3 Å². The third kappa shape index (κ3) is 4.59. The summed E-state index contributed by atoms with van der Waals surface area (Å²) in [6.45, 7) is 1.51. The maximum Gasteiger partial charge on any atom is 0.243 e. The van der Waals surface area contributed by atoms with Crippen LogP contribution in [0.4, 0.5) is 5.69 Å². The molecule has 7 nitrogen and oxygen atoms in total. The van der Waals surface area contributed by atoms with Crippen molar-refractivity contribution in [1.29, 1.82) is 0 Å². The third-order valence-corrected chi connectivity index (χ3v) is 5.32. The summed E-state index contributed by atoms with van der Waals surface area (Å²) in [6, 6.07) is 13.3. The average Bonchev–Trinajstić information content (AvgIpc) is 3.24. The van der Waals surface area contributed by atoms with Crippen molar-refractivity contribution in [3.05, 3.63) is 52.5 Å². The normalized spacial score (nSPS) is 15.1. The van der Waals surface area contributed by atoms with Gasteiger partial charge in [-0.2, -0.15) is 5.10 Å². The van der Waals surface area contributed by atoms with Crippen LogP contribution in [0.1, 0.15) is 24.8 Å². The summed E-state index contributed by atoms with van der Waals surface area (Å²) in [5.41, 5.74) is 2.49. The molecule has 8 heteroatoms. The van der Waals surface area contributed by atoms with Gasteiger partial charge in [0.25, 0.3) is 0 Å². The van der Waals surface area contributed by atoms with Crippen LogP contribution in [0.2, 0.25) is 0 Å². The van der Waals surface area contributed by atoms with Crippen molar-refractivity contribution < 1.29 is 19.1 Å². The monoisotopic (exact) mass is 457 g/mol. The fraction of sp³-hybridized carbons (Fsp3) is 0.286. The number of amides is 2. The zero-order valence-corrected chi connectivity index (χ0v) is 17.3. The highest BCUT2D eigenvalue weighted by Gasteiger charge is 2.22. The second-order valence-corrected chi connectivity index (χ2v) is 7.56. The number of ether oxygens (including phenoxy) is 2. The molecule has 4 rings (SSSR count). The number of rotatable bonds is 5. The molecule has 2 heterocycles. The number of nitrogens with one attached hydrogen (secondary N) is 1. The molecule has 1 N–H and O–H groups in total. The second kappa shape index (κ2) is 8.65. The molecule has 0 saturated heterocycles. The number of carbonyl (C=O) groups excluding carboxylic acids is 2. The van der Waals surface area contributed by atoms with E-state index in [2.05, 4.69) is 26.3 Å². The molecule has 0 aliphatic carbocycles. The van der Waals surface area contributed by atoms with Gasteiger partial charge in [-0.3, -0.25) is 9.59 Å². The smallest absolute Gasteiger partial charge is 0.243 e. The standard InChI is InChI=1S/C21H20BrN3O4/c22-15-12-18-19(29-11-10-28-18)13-17(15)23-20(26)6-7-21(27)25-9-8-16(24-25)14-4-2-1-3-5-14/h1-5,12-13H,6-11H2,(H,23,26). The molecule has 0 spiro atoms. The molecule has 0 saturated carbocycles. The molecule has 0 atom stereocenters. The van der Waals surface area contributed by atoms with Crippen LogP contribution >= 0.6 is 15.9 Å². The van der Waals surface area contributed by atoms with Gasteiger partial charge in [0.15, 0.2) is 11.5 Å². The first-order valence-electron chi connectivity index (χ1n) is 9.42. The van der Waals surface area contributed by atoms with Gasteiger partial charge >= 0.3 is 0 Å². The van der Waals surface area contributed by atoms with Crippen molar-refractivity contribution >= 4 is 39.1 Å². The predicted molar refractivity (Wildman–Crippen MR) is 112 cm³/mol. The van der Waals surface area contributed by atoms with E-state index in [0.29, 0.717) is 47.8 Å².